The SMILES string of the molecule is CCCc1nnc2cc(Cl)ccc2c1CC(=O)OC. The first-order valence-electron chi connectivity index (χ1n) is 6.16. The van der Waals surface area contributed by atoms with Crippen LogP contribution in [-0.4, -0.2) is 23.3 Å². The van der Waals surface area contributed by atoms with Crippen molar-refractivity contribution in [3.63, 3.8) is 0 Å². The summed E-state index contributed by atoms with van der Waals surface area (Å²) in [5.41, 5.74) is 2.43. The van der Waals surface area contributed by atoms with E-state index in [2.05, 4.69) is 17.1 Å². The molecule has 0 saturated heterocycles. The van der Waals surface area contributed by atoms with Crippen LogP contribution >= 0.6 is 11.6 Å². The highest BCUT2D eigenvalue weighted by Gasteiger charge is 2.14. The maximum atomic E-state index is 11.6. The number of halogens is 1. The molecule has 0 amide bonds. The minimum absolute atomic E-state index is 0.208. The topological polar surface area (TPSA) is 52.1 Å². The zero-order valence-electron chi connectivity index (χ0n) is 10.9. The van der Waals surface area contributed by atoms with Crippen molar-refractivity contribution in [3.05, 3.63) is 34.5 Å². The zero-order valence-corrected chi connectivity index (χ0v) is 11.7. The molecule has 19 heavy (non-hydrogen) atoms. The summed E-state index contributed by atoms with van der Waals surface area (Å²) in [4.78, 5) is 11.6. The molecule has 100 valence electrons. The average Bonchev–Trinajstić information content (AvgIpc) is 2.41. The van der Waals surface area contributed by atoms with Gasteiger partial charge in [-0.2, -0.15) is 10.2 Å². The molecular weight excluding hydrogens is 264 g/mol. The van der Waals surface area contributed by atoms with Gasteiger partial charge in [-0.25, -0.2) is 0 Å². The predicted octanol–water partition coefficient (Wildman–Crippen LogP) is 2.95. The lowest BCUT2D eigenvalue weighted by molar-refractivity contribution is -0.139. The summed E-state index contributed by atoms with van der Waals surface area (Å²) in [6.45, 7) is 2.07. The van der Waals surface area contributed by atoms with Crippen molar-refractivity contribution >= 4 is 28.5 Å². The molecule has 0 bridgehead atoms. The molecule has 0 saturated carbocycles. The molecule has 1 aromatic carbocycles. The van der Waals surface area contributed by atoms with E-state index in [0.717, 1.165) is 29.5 Å². The van der Waals surface area contributed by atoms with E-state index in [9.17, 15) is 4.79 Å². The Balaban J connectivity index is 2.58. The van der Waals surface area contributed by atoms with Crippen molar-refractivity contribution in [1.29, 1.82) is 0 Å². The fourth-order valence-electron chi connectivity index (χ4n) is 2.02. The molecular formula is C14H15ClN2O2. The van der Waals surface area contributed by atoms with Crippen LogP contribution in [-0.2, 0) is 22.4 Å². The van der Waals surface area contributed by atoms with Crippen LogP contribution in [0.4, 0.5) is 0 Å². The van der Waals surface area contributed by atoms with Crippen molar-refractivity contribution in [2.45, 2.75) is 26.2 Å². The lowest BCUT2D eigenvalue weighted by atomic mass is 10.0. The molecule has 0 fully saturated rings. The fraction of sp³-hybridized carbons (Fsp3) is 0.357. The molecule has 0 radical (unpaired) electrons. The second-order valence-electron chi connectivity index (χ2n) is 4.29. The maximum absolute atomic E-state index is 11.6. The largest absolute Gasteiger partial charge is 0.469 e. The van der Waals surface area contributed by atoms with E-state index < -0.39 is 0 Å². The van der Waals surface area contributed by atoms with Gasteiger partial charge in [0.15, 0.2) is 0 Å². The van der Waals surface area contributed by atoms with Crippen molar-refractivity contribution in [2.24, 2.45) is 0 Å². The highest BCUT2D eigenvalue weighted by Crippen LogP contribution is 2.23. The van der Waals surface area contributed by atoms with Gasteiger partial charge >= 0.3 is 5.97 Å². The summed E-state index contributed by atoms with van der Waals surface area (Å²) in [7, 11) is 1.38. The number of esters is 1. The van der Waals surface area contributed by atoms with Crippen LogP contribution < -0.4 is 0 Å². The first kappa shape index (κ1) is 13.7. The summed E-state index contributed by atoms with van der Waals surface area (Å²) in [5.74, 6) is -0.276. The molecule has 0 aliphatic carbocycles. The number of carbonyl (C=O) groups is 1. The Labute approximate surface area is 116 Å². The van der Waals surface area contributed by atoms with Crippen molar-refractivity contribution in [3.8, 4) is 0 Å². The van der Waals surface area contributed by atoms with E-state index >= 15 is 0 Å². The van der Waals surface area contributed by atoms with Gasteiger partial charge in [-0.05, 0) is 24.1 Å². The molecule has 1 aromatic heterocycles. The normalized spacial score (nSPS) is 10.7. The Bertz CT molecular complexity index is 614. The number of aromatic nitrogens is 2. The van der Waals surface area contributed by atoms with Gasteiger partial charge in [0.25, 0.3) is 0 Å². The van der Waals surface area contributed by atoms with Crippen LogP contribution in [0.2, 0.25) is 5.02 Å². The third-order valence-electron chi connectivity index (χ3n) is 2.95. The van der Waals surface area contributed by atoms with E-state index in [1.165, 1.54) is 7.11 Å². The number of ether oxygens (including phenoxy) is 1. The van der Waals surface area contributed by atoms with E-state index in [1.807, 2.05) is 6.07 Å². The van der Waals surface area contributed by atoms with E-state index in [4.69, 9.17) is 16.3 Å². The Hall–Kier alpha value is -1.68. The quantitative estimate of drug-likeness (QED) is 0.807. The molecule has 0 aliphatic heterocycles. The van der Waals surface area contributed by atoms with Gasteiger partial charge < -0.3 is 4.74 Å². The second-order valence-corrected chi connectivity index (χ2v) is 4.73. The molecule has 4 nitrogen and oxygen atoms in total. The number of nitrogens with zero attached hydrogens (tertiary/aromatic N) is 2. The van der Waals surface area contributed by atoms with E-state index in [-0.39, 0.29) is 12.4 Å². The van der Waals surface area contributed by atoms with Crippen LogP contribution in [0.5, 0.6) is 0 Å². The number of rotatable bonds is 4. The van der Waals surface area contributed by atoms with Gasteiger partial charge in [-0.1, -0.05) is 31.0 Å². The number of carbonyl (C=O) groups excluding carboxylic acids is 1. The third-order valence-corrected chi connectivity index (χ3v) is 3.18. The van der Waals surface area contributed by atoms with Crippen molar-refractivity contribution in [1.82, 2.24) is 10.2 Å². The Morgan fingerprint density at radius 3 is 2.84 bits per heavy atom. The highest BCUT2D eigenvalue weighted by atomic mass is 35.5. The van der Waals surface area contributed by atoms with Gasteiger partial charge in [0.05, 0.1) is 24.7 Å². The standard InChI is InChI=1S/C14H15ClN2O2/c1-3-4-12-11(8-14(18)19-2)10-6-5-9(15)7-13(10)17-16-12/h5-7H,3-4,8H2,1-2H3. The maximum Gasteiger partial charge on any atom is 0.310 e. The molecule has 5 heteroatoms. The van der Waals surface area contributed by atoms with Crippen LogP contribution in [0.1, 0.15) is 24.6 Å². The minimum Gasteiger partial charge on any atom is -0.469 e. The second kappa shape index (κ2) is 5.97. The number of hydrogen-bond donors (Lipinski definition) is 0. The number of benzene rings is 1. The lowest BCUT2D eigenvalue weighted by Crippen LogP contribution is -2.10. The summed E-state index contributed by atoms with van der Waals surface area (Å²) in [6.07, 6.45) is 1.94. The molecule has 2 aromatic rings. The van der Waals surface area contributed by atoms with Crippen LogP contribution in [0.15, 0.2) is 18.2 Å². The number of fused-ring (bicyclic) bond motifs is 1. The Kier molecular flexibility index (Phi) is 4.32. The smallest absolute Gasteiger partial charge is 0.310 e. The predicted molar refractivity (Wildman–Crippen MR) is 74.3 cm³/mol. The Morgan fingerprint density at radius 2 is 2.16 bits per heavy atom. The molecule has 0 unspecified atom stereocenters. The monoisotopic (exact) mass is 278 g/mol. The molecule has 0 spiro atoms. The molecule has 2 rings (SSSR count). The van der Waals surface area contributed by atoms with Gasteiger partial charge in [0, 0.05) is 10.4 Å². The van der Waals surface area contributed by atoms with Crippen LogP contribution in [0, 0.1) is 0 Å². The van der Waals surface area contributed by atoms with E-state index in [1.54, 1.807) is 12.1 Å². The summed E-state index contributed by atoms with van der Waals surface area (Å²) < 4.78 is 4.75. The molecule has 0 N–H and O–H groups in total. The van der Waals surface area contributed by atoms with E-state index in [0.29, 0.717) is 10.5 Å². The third kappa shape index (κ3) is 3.01. The number of methoxy groups -OCH3 is 1. The van der Waals surface area contributed by atoms with Gasteiger partial charge in [0.1, 0.15) is 0 Å². The van der Waals surface area contributed by atoms with Crippen LogP contribution in [0.25, 0.3) is 10.9 Å². The fourth-order valence-corrected chi connectivity index (χ4v) is 2.19. The minimum atomic E-state index is -0.276. The molecule has 1 heterocycles. The Morgan fingerprint density at radius 1 is 1.37 bits per heavy atom. The first-order valence-corrected chi connectivity index (χ1v) is 6.54. The number of aryl methyl sites for hydroxylation is 1. The lowest BCUT2D eigenvalue weighted by Gasteiger charge is -2.10. The van der Waals surface area contributed by atoms with Gasteiger partial charge in [0.2, 0.25) is 0 Å². The zero-order chi connectivity index (χ0) is 13.8. The first-order chi connectivity index (χ1) is 9.15. The summed E-state index contributed by atoms with van der Waals surface area (Å²) >= 11 is 5.95. The van der Waals surface area contributed by atoms with Crippen LogP contribution in [0.3, 0.4) is 0 Å². The van der Waals surface area contributed by atoms with Gasteiger partial charge in [-0.3, -0.25) is 4.79 Å². The molecule has 0 atom stereocenters. The number of hydrogen-bond acceptors (Lipinski definition) is 4. The van der Waals surface area contributed by atoms with Gasteiger partial charge in [-0.15, -0.1) is 0 Å². The van der Waals surface area contributed by atoms with Crippen molar-refractivity contribution in [2.75, 3.05) is 7.11 Å². The highest BCUT2D eigenvalue weighted by molar-refractivity contribution is 6.31. The average molecular weight is 279 g/mol. The van der Waals surface area contributed by atoms with Crippen molar-refractivity contribution < 1.29 is 9.53 Å². The molecule has 0 aliphatic rings. The summed E-state index contributed by atoms with van der Waals surface area (Å²) in [5, 5.41) is 9.89. The summed E-state index contributed by atoms with van der Waals surface area (Å²) in [6, 6.07) is 5.42.